The molecule has 0 aliphatic heterocycles. The summed E-state index contributed by atoms with van der Waals surface area (Å²) in [5.74, 6) is 1.22. The number of carbonyl (C=O) groups excluding carboxylic acids is 1. The highest BCUT2D eigenvalue weighted by Crippen LogP contribution is 2.24. The van der Waals surface area contributed by atoms with Crippen LogP contribution in [-0.4, -0.2) is 18.0 Å². The van der Waals surface area contributed by atoms with Gasteiger partial charge in [0.25, 0.3) is 0 Å². The van der Waals surface area contributed by atoms with Crippen LogP contribution >= 0.6 is 0 Å². The van der Waals surface area contributed by atoms with E-state index in [0.29, 0.717) is 17.9 Å². The van der Waals surface area contributed by atoms with Crippen LogP contribution in [0.5, 0.6) is 0 Å². The molecule has 0 spiro atoms. The average molecular weight is 302 g/mol. The highest BCUT2D eigenvalue weighted by atomic mass is 16.2. The second-order valence-corrected chi connectivity index (χ2v) is 7.02. The van der Waals surface area contributed by atoms with E-state index in [-0.39, 0.29) is 11.9 Å². The van der Waals surface area contributed by atoms with Gasteiger partial charge in [-0.1, -0.05) is 45.7 Å². The first-order valence-electron chi connectivity index (χ1n) is 8.64. The van der Waals surface area contributed by atoms with Gasteiger partial charge in [-0.15, -0.1) is 0 Å². The van der Waals surface area contributed by atoms with E-state index >= 15 is 0 Å². The van der Waals surface area contributed by atoms with E-state index in [4.69, 9.17) is 0 Å². The largest absolute Gasteiger partial charge is 0.325 e. The highest BCUT2D eigenvalue weighted by molar-refractivity contribution is 5.94. The lowest BCUT2D eigenvalue weighted by Crippen LogP contribution is -2.47. The lowest BCUT2D eigenvalue weighted by atomic mass is 9.85. The summed E-state index contributed by atoms with van der Waals surface area (Å²) in [6.45, 7) is 8.58. The van der Waals surface area contributed by atoms with E-state index in [2.05, 4.69) is 43.5 Å². The first kappa shape index (κ1) is 17.0. The predicted molar refractivity (Wildman–Crippen MR) is 93.2 cm³/mol. The molecule has 1 saturated carbocycles. The fourth-order valence-electron chi connectivity index (χ4n) is 3.16. The summed E-state index contributed by atoms with van der Waals surface area (Å²) in [4.78, 5) is 12.3. The molecule has 0 aromatic heterocycles. The number of rotatable bonds is 5. The maximum absolute atomic E-state index is 12.3. The van der Waals surface area contributed by atoms with Gasteiger partial charge >= 0.3 is 0 Å². The topological polar surface area (TPSA) is 41.1 Å². The number of benzene rings is 1. The van der Waals surface area contributed by atoms with Gasteiger partial charge in [-0.2, -0.15) is 0 Å². The Hall–Kier alpha value is -1.35. The summed E-state index contributed by atoms with van der Waals surface area (Å²) in [6, 6.07) is 8.46. The summed E-state index contributed by atoms with van der Waals surface area (Å²) in [7, 11) is 0. The molecule has 1 aromatic carbocycles. The van der Waals surface area contributed by atoms with E-state index in [0.717, 1.165) is 5.69 Å². The first-order valence-corrected chi connectivity index (χ1v) is 8.64. The smallest absolute Gasteiger partial charge is 0.241 e. The fourth-order valence-corrected chi connectivity index (χ4v) is 3.16. The first-order chi connectivity index (χ1) is 10.5. The third-order valence-corrected chi connectivity index (χ3v) is 4.81. The molecular formula is C19H30N2O. The molecule has 0 radical (unpaired) electrons. The molecule has 3 heteroatoms. The third kappa shape index (κ3) is 4.57. The standard InChI is InChI=1S/C19H30N2O/c1-13(2)16-9-11-17(12-10-16)21-19(22)15(4)20-18-8-6-5-7-14(18)3/h9-15,18,20H,5-8H2,1-4H3,(H,21,22)/t14-,15-,18-/m0/s1. The molecule has 2 N–H and O–H groups in total. The van der Waals surface area contributed by atoms with Crippen LogP contribution in [0.1, 0.15) is 64.9 Å². The Bertz CT molecular complexity index is 481. The van der Waals surface area contributed by atoms with Crippen molar-refractivity contribution >= 4 is 11.6 Å². The molecule has 1 aromatic rings. The minimum absolute atomic E-state index is 0.0510. The van der Waals surface area contributed by atoms with Gasteiger partial charge in [-0.25, -0.2) is 0 Å². The fraction of sp³-hybridized carbons (Fsp3) is 0.632. The SMILES string of the molecule is CC(C)c1ccc(NC(=O)[C@H](C)N[C@H]2CCCC[C@@H]2C)cc1. The zero-order valence-corrected chi connectivity index (χ0v) is 14.4. The Morgan fingerprint density at radius 1 is 1.09 bits per heavy atom. The van der Waals surface area contributed by atoms with Crippen LogP contribution in [0.3, 0.4) is 0 Å². The van der Waals surface area contributed by atoms with Crippen molar-refractivity contribution in [3.8, 4) is 0 Å². The van der Waals surface area contributed by atoms with Crippen LogP contribution in [0.4, 0.5) is 5.69 Å². The second-order valence-electron chi connectivity index (χ2n) is 7.02. The van der Waals surface area contributed by atoms with E-state index in [1.165, 1.54) is 31.2 Å². The monoisotopic (exact) mass is 302 g/mol. The summed E-state index contributed by atoms with van der Waals surface area (Å²) in [5.41, 5.74) is 2.17. The normalized spacial score (nSPS) is 23.3. The number of carbonyl (C=O) groups is 1. The van der Waals surface area contributed by atoms with Crippen molar-refractivity contribution in [2.45, 2.75) is 71.4 Å². The molecule has 0 heterocycles. The van der Waals surface area contributed by atoms with Gasteiger partial charge in [-0.3, -0.25) is 4.79 Å². The molecule has 122 valence electrons. The van der Waals surface area contributed by atoms with Gasteiger partial charge in [0.2, 0.25) is 5.91 Å². The lowest BCUT2D eigenvalue weighted by molar-refractivity contribution is -0.118. The maximum Gasteiger partial charge on any atom is 0.241 e. The van der Waals surface area contributed by atoms with Crippen LogP contribution in [0.15, 0.2) is 24.3 Å². The maximum atomic E-state index is 12.3. The van der Waals surface area contributed by atoms with Crippen LogP contribution in [0.25, 0.3) is 0 Å². The van der Waals surface area contributed by atoms with Crippen molar-refractivity contribution in [2.24, 2.45) is 5.92 Å². The number of hydrogen-bond donors (Lipinski definition) is 2. The van der Waals surface area contributed by atoms with Gasteiger partial charge < -0.3 is 10.6 Å². The molecule has 1 aliphatic carbocycles. The van der Waals surface area contributed by atoms with Crippen LogP contribution < -0.4 is 10.6 Å². The zero-order chi connectivity index (χ0) is 16.1. The summed E-state index contributed by atoms with van der Waals surface area (Å²) >= 11 is 0. The van der Waals surface area contributed by atoms with Crippen LogP contribution in [0.2, 0.25) is 0 Å². The second kappa shape index (κ2) is 7.77. The quantitative estimate of drug-likeness (QED) is 0.851. The van der Waals surface area contributed by atoms with Gasteiger partial charge in [0.1, 0.15) is 0 Å². The molecule has 2 rings (SSSR count). The Balaban J connectivity index is 1.87. The van der Waals surface area contributed by atoms with Gasteiger partial charge in [0, 0.05) is 11.7 Å². The highest BCUT2D eigenvalue weighted by Gasteiger charge is 2.24. The van der Waals surface area contributed by atoms with Crippen molar-refractivity contribution in [1.29, 1.82) is 0 Å². The summed E-state index contributed by atoms with van der Waals surface area (Å²) in [5, 5.41) is 6.52. The van der Waals surface area contributed by atoms with E-state index in [9.17, 15) is 4.79 Å². The zero-order valence-electron chi connectivity index (χ0n) is 14.4. The lowest BCUT2D eigenvalue weighted by Gasteiger charge is -2.31. The van der Waals surface area contributed by atoms with Gasteiger partial charge in [-0.05, 0) is 49.3 Å². The van der Waals surface area contributed by atoms with Crippen molar-refractivity contribution in [1.82, 2.24) is 5.32 Å². The van der Waals surface area contributed by atoms with Crippen molar-refractivity contribution in [2.75, 3.05) is 5.32 Å². The number of nitrogens with one attached hydrogen (secondary N) is 2. The van der Waals surface area contributed by atoms with Crippen LogP contribution in [-0.2, 0) is 4.79 Å². The third-order valence-electron chi connectivity index (χ3n) is 4.81. The Morgan fingerprint density at radius 3 is 2.32 bits per heavy atom. The molecule has 0 saturated heterocycles. The Labute approximate surface area is 134 Å². The van der Waals surface area contributed by atoms with E-state index in [1.54, 1.807) is 0 Å². The van der Waals surface area contributed by atoms with Crippen LogP contribution in [0, 0.1) is 5.92 Å². The molecule has 1 fully saturated rings. The molecule has 3 nitrogen and oxygen atoms in total. The molecule has 0 bridgehead atoms. The molecule has 0 unspecified atom stereocenters. The molecule has 22 heavy (non-hydrogen) atoms. The van der Waals surface area contributed by atoms with Gasteiger partial charge in [0.15, 0.2) is 0 Å². The predicted octanol–water partition coefficient (Wildman–Crippen LogP) is 4.31. The van der Waals surface area contributed by atoms with E-state index < -0.39 is 0 Å². The molecular weight excluding hydrogens is 272 g/mol. The van der Waals surface area contributed by atoms with Crippen molar-refractivity contribution in [3.63, 3.8) is 0 Å². The molecule has 1 aliphatic rings. The number of anilines is 1. The number of hydrogen-bond acceptors (Lipinski definition) is 2. The number of amides is 1. The Kier molecular flexibility index (Phi) is 6.01. The molecule has 3 atom stereocenters. The average Bonchev–Trinajstić information content (AvgIpc) is 2.50. The van der Waals surface area contributed by atoms with Crippen molar-refractivity contribution < 1.29 is 4.79 Å². The molecule has 1 amide bonds. The Morgan fingerprint density at radius 2 is 1.73 bits per heavy atom. The summed E-state index contributed by atoms with van der Waals surface area (Å²) < 4.78 is 0. The summed E-state index contributed by atoms with van der Waals surface area (Å²) in [6.07, 6.45) is 5.04. The van der Waals surface area contributed by atoms with E-state index in [1.807, 2.05) is 19.1 Å². The van der Waals surface area contributed by atoms with Crippen molar-refractivity contribution in [3.05, 3.63) is 29.8 Å². The minimum Gasteiger partial charge on any atom is -0.325 e. The minimum atomic E-state index is -0.157. The van der Waals surface area contributed by atoms with Gasteiger partial charge in [0.05, 0.1) is 6.04 Å².